The molecule has 1 radical (unpaired) electrons. The van der Waals surface area contributed by atoms with Gasteiger partial charge in [0.25, 0.3) is 0 Å². The van der Waals surface area contributed by atoms with Crippen LogP contribution in [0.4, 0.5) is 0 Å². The van der Waals surface area contributed by atoms with E-state index in [0.29, 0.717) is 6.42 Å². The van der Waals surface area contributed by atoms with Crippen LogP contribution in [0.3, 0.4) is 0 Å². The van der Waals surface area contributed by atoms with E-state index in [-0.39, 0.29) is 25.5 Å². The van der Waals surface area contributed by atoms with Crippen molar-refractivity contribution in [1.29, 1.82) is 0 Å². The Morgan fingerprint density at radius 1 is 1.17 bits per heavy atom. The third-order valence-electron chi connectivity index (χ3n) is 2.39. The summed E-state index contributed by atoms with van der Waals surface area (Å²) >= 11 is 0. The van der Waals surface area contributed by atoms with Crippen molar-refractivity contribution in [2.45, 2.75) is 26.7 Å². The minimum absolute atomic E-state index is 0.199. The minimum Gasteiger partial charge on any atom is -0.375 e. The van der Waals surface area contributed by atoms with Gasteiger partial charge in [0.2, 0.25) is 5.85 Å². The van der Waals surface area contributed by atoms with Gasteiger partial charge in [0.15, 0.2) is 0 Å². The van der Waals surface area contributed by atoms with Gasteiger partial charge in [-0.15, -0.1) is 0 Å². The molecule has 0 aliphatic heterocycles. The van der Waals surface area contributed by atoms with Gasteiger partial charge in [-0.1, -0.05) is 30.3 Å². The van der Waals surface area contributed by atoms with E-state index in [1.54, 1.807) is 13.8 Å². The molecule has 101 valence electrons. The molecule has 0 fully saturated rings. The molecule has 18 heavy (non-hydrogen) atoms. The molecule has 0 saturated carbocycles. The SMILES string of the molecule is CCOP(=O)(OCC)[C](O)CCc1ccccc1. The van der Waals surface area contributed by atoms with E-state index in [0.717, 1.165) is 5.56 Å². The van der Waals surface area contributed by atoms with Gasteiger partial charge >= 0.3 is 7.60 Å². The fraction of sp³-hybridized carbons (Fsp3) is 0.462. The number of aryl methyl sites for hydroxylation is 1. The van der Waals surface area contributed by atoms with E-state index < -0.39 is 7.60 Å². The smallest absolute Gasteiger partial charge is 0.365 e. The topological polar surface area (TPSA) is 55.8 Å². The molecule has 1 rings (SSSR count). The van der Waals surface area contributed by atoms with Crippen LogP contribution in [-0.2, 0) is 20.0 Å². The van der Waals surface area contributed by atoms with Crippen LogP contribution < -0.4 is 0 Å². The van der Waals surface area contributed by atoms with E-state index in [9.17, 15) is 9.67 Å². The Hall–Kier alpha value is -0.670. The molecule has 0 saturated heterocycles. The van der Waals surface area contributed by atoms with E-state index >= 15 is 0 Å². The molecule has 0 aromatic heterocycles. The van der Waals surface area contributed by atoms with Crippen molar-refractivity contribution in [3.63, 3.8) is 0 Å². The number of benzene rings is 1. The molecular formula is C13H20O4P. The Morgan fingerprint density at radius 2 is 1.72 bits per heavy atom. The summed E-state index contributed by atoms with van der Waals surface area (Å²) in [4.78, 5) is 0. The fourth-order valence-electron chi connectivity index (χ4n) is 1.56. The van der Waals surface area contributed by atoms with Gasteiger partial charge in [0, 0.05) is 0 Å². The molecule has 1 aromatic rings. The van der Waals surface area contributed by atoms with E-state index in [1.807, 2.05) is 30.3 Å². The second-order valence-corrected chi connectivity index (χ2v) is 5.76. The lowest BCUT2D eigenvalue weighted by molar-refractivity contribution is 0.188. The van der Waals surface area contributed by atoms with Gasteiger partial charge in [0.1, 0.15) is 0 Å². The summed E-state index contributed by atoms with van der Waals surface area (Å²) in [7, 11) is -3.48. The molecule has 1 N–H and O–H groups in total. The highest BCUT2D eigenvalue weighted by molar-refractivity contribution is 7.56. The number of hydrogen-bond donors (Lipinski definition) is 1. The van der Waals surface area contributed by atoms with Crippen LogP contribution in [0.25, 0.3) is 0 Å². The van der Waals surface area contributed by atoms with Crippen molar-refractivity contribution in [3.05, 3.63) is 41.7 Å². The van der Waals surface area contributed by atoms with Crippen LogP contribution in [0.15, 0.2) is 30.3 Å². The average molecular weight is 271 g/mol. The van der Waals surface area contributed by atoms with Crippen molar-refractivity contribution in [2.75, 3.05) is 13.2 Å². The lowest BCUT2D eigenvalue weighted by Gasteiger charge is -2.21. The molecule has 0 heterocycles. The van der Waals surface area contributed by atoms with Crippen molar-refractivity contribution >= 4 is 7.60 Å². The second kappa shape index (κ2) is 7.70. The molecule has 1 aromatic carbocycles. The molecule has 0 aliphatic rings. The Bertz CT molecular complexity index is 370. The first-order chi connectivity index (χ1) is 8.62. The van der Waals surface area contributed by atoms with Gasteiger partial charge in [-0.05, 0) is 32.3 Å². The zero-order chi connectivity index (χ0) is 13.4. The summed E-state index contributed by atoms with van der Waals surface area (Å²) in [5, 5.41) is 9.90. The van der Waals surface area contributed by atoms with Crippen molar-refractivity contribution in [3.8, 4) is 0 Å². The molecule has 0 amide bonds. The van der Waals surface area contributed by atoms with Gasteiger partial charge in [-0.3, -0.25) is 4.57 Å². The van der Waals surface area contributed by atoms with Gasteiger partial charge in [-0.2, -0.15) is 0 Å². The van der Waals surface area contributed by atoms with Crippen LogP contribution in [0.1, 0.15) is 25.8 Å². The van der Waals surface area contributed by atoms with Crippen LogP contribution in [-0.4, -0.2) is 18.3 Å². The van der Waals surface area contributed by atoms with E-state index in [2.05, 4.69) is 0 Å². The van der Waals surface area contributed by atoms with Crippen LogP contribution in [0, 0.1) is 5.85 Å². The maximum Gasteiger partial charge on any atom is 0.365 e. The van der Waals surface area contributed by atoms with E-state index in [4.69, 9.17) is 9.05 Å². The predicted octanol–water partition coefficient (Wildman–Crippen LogP) is 3.75. The molecule has 0 spiro atoms. The van der Waals surface area contributed by atoms with Crippen LogP contribution >= 0.6 is 7.60 Å². The first-order valence-corrected chi connectivity index (χ1v) is 7.65. The highest BCUT2D eigenvalue weighted by Crippen LogP contribution is 2.57. The Balaban J connectivity index is 2.57. The molecule has 0 bridgehead atoms. The van der Waals surface area contributed by atoms with Gasteiger partial charge < -0.3 is 14.2 Å². The summed E-state index contributed by atoms with van der Waals surface area (Å²) in [5.41, 5.74) is 1.07. The molecular weight excluding hydrogens is 251 g/mol. The first kappa shape index (κ1) is 15.4. The molecule has 0 aliphatic carbocycles. The Labute approximate surface area is 108 Å². The normalized spacial score (nSPS) is 12.0. The highest BCUT2D eigenvalue weighted by Gasteiger charge is 2.34. The van der Waals surface area contributed by atoms with Crippen molar-refractivity contribution < 1.29 is 18.7 Å². The van der Waals surface area contributed by atoms with Crippen molar-refractivity contribution in [2.24, 2.45) is 0 Å². The van der Waals surface area contributed by atoms with Crippen LogP contribution in [0.5, 0.6) is 0 Å². The average Bonchev–Trinajstić information content (AvgIpc) is 2.37. The lowest BCUT2D eigenvalue weighted by atomic mass is 10.1. The number of rotatable bonds is 8. The third-order valence-corrected chi connectivity index (χ3v) is 4.45. The lowest BCUT2D eigenvalue weighted by Crippen LogP contribution is -2.06. The van der Waals surface area contributed by atoms with E-state index in [1.165, 1.54) is 0 Å². The molecule has 5 heteroatoms. The number of aliphatic hydroxyl groups is 1. The summed E-state index contributed by atoms with van der Waals surface area (Å²) in [6.07, 6.45) is 0.887. The largest absolute Gasteiger partial charge is 0.375 e. The Morgan fingerprint density at radius 3 is 2.22 bits per heavy atom. The summed E-state index contributed by atoms with van der Waals surface area (Å²) < 4.78 is 22.3. The highest BCUT2D eigenvalue weighted by atomic mass is 31.2. The molecule has 0 unspecified atom stereocenters. The second-order valence-electron chi connectivity index (χ2n) is 3.73. The van der Waals surface area contributed by atoms with Crippen molar-refractivity contribution in [1.82, 2.24) is 0 Å². The summed E-state index contributed by atoms with van der Waals surface area (Å²) in [6, 6.07) is 9.70. The maximum atomic E-state index is 12.2. The van der Waals surface area contributed by atoms with Gasteiger partial charge in [-0.25, -0.2) is 0 Å². The fourth-order valence-corrected chi connectivity index (χ4v) is 3.00. The summed E-state index contributed by atoms with van der Waals surface area (Å²) in [6.45, 7) is 3.92. The number of hydrogen-bond acceptors (Lipinski definition) is 4. The quantitative estimate of drug-likeness (QED) is 0.732. The molecule has 4 nitrogen and oxygen atoms in total. The predicted molar refractivity (Wildman–Crippen MR) is 70.8 cm³/mol. The zero-order valence-electron chi connectivity index (χ0n) is 10.8. The third kappa shape index (κ3) is 4.54. The Kier molecular flexibility index (Phi) is 6.58. The zero-order valence-corrected chi connectivity index (χ0v) is 11.7. The molecule has 0 atom stereocenters. The first-order valence-electron chi connectivity index (χ1n) is 6.10. The standard InChI is InChI=1S/C13H20O4P/c1-3-16-18(15,17-4-2)13(14)11-10-12-8-6-5-7-9-12/h5-9,14H,3-4,10-11H2,1-2H3. The summed E-state index contributed by atoms with van der Waals surface area (Å²) in [5.74, 6) is -0.199. The van der Waals surface area contributed by atoms with Crippen LogP contribution in [0.2, 0.25) is 0 Å². The minimum atomic E-state index is -3.48. The number of aliphatic hydroxyl groups excluding tert-OH is 1. The monoisotopic (exact) mass is 271 g/mol. The van der Waals surface area contributed by atoms with Gasteiger partial charge in [0.05, 0.1) is 13.2 Å². The maximum absolute atomic E-state index is 12.2.